The minimum atomic E-state index is -0.544. The fourth-order valence-corrected chi connectivity index (χ4v) is 1.07. The molecule has 0 aliphatic carbocycles. The van der Waals surface area contributed by atoms with Crippen LogP contribution in [0.3, 0.4) is 0 Å². The van der Waals surface area contributed by atoms with Crippen LogP contribution >= 0.6 is 0 Å². The van der Waals surface area contributed by atoms with Crippen LogP contribution in [0.1, 0.15) is 19.5 Å². The third-order valence-electron chi connectivity index (χ3n) is 2.30. The summed E-state index contributed by atoms with van der Waals surface area (Å²) < 4.78 is 0. The Morgan fingerprint density at radius 3 is 2.80 bits per heavy atom. The van der Waals surface area contributed by atoms with Crippen LogP contribution in [0, 0.1) is 12.3 Å². The topological polar surface area (TPSA) is 68.0 Å². The Bertz CT molecular complexity index is 361. The van der Waals surface area contributed by atoms with Crippen LogP contribution in [-0.4, -0.2) is 17.4 Å². The molecule has 82 valence electrons. The molecule has 1 heterocycles. The molecule has 1 amide bonds. The second-order valence-corrected chi connectivity index (χ2v) is 4.29. The Morgan fingerprint density at radius 2 is 2.27 bits per heavy atom. The number of aromatic nitrogens is 1. The zero-order valence-electron chi connectivity index (χ0n) is 9.37. The molecule has 0 saturated carbocycles. The van der Waals surface area contributed by atoms with Crippen molar-refractivity contribution in [3.05, 3.63) is 24.0 Å². The van der Waals surface area contributed by atoms with E-state index in [9.17, 15) is 4.79 Å². The molecule has 0 unspecified atom stereocenters. The van der Waals surface area contributed by atoms with Crippen molar-refractivity contribution in [1.29, 1.82) is 0 Å². The van der Waals surface area contributed by atoms with Gasteiger partial charge < -0.3 is 11.1 Å². The highest BCUT2D eigenvalue weighted by Gasteiger charge is 2.24. The van der Waals surface area contributed by atoms with Crippen molar-refractivity contribution in [1.82, 2.24) is 4.98 Å². The first-order valence-electron chi connectivity index (χ1n) is 4.88. The molecule has 1 aromatic heterocycles. The van der Waals surface area contributed by atoms with Crippen molar-refractivity contribution in [2.24, 2.45) is 11.1 Å². The minimum Gasteiger partial charge on any atom is -0.384 e. The molecule has 0 spiro atoms. The number of hydrogen-bond donors (Lipinski definition) is 2. The lowest BCUT2D eigenvalue weighted by Crippen LogP contribution is -2.37. The maximum absolute atomic E-state index is 11.1. The molecule has 0 bridgehead atoms. The van der Waals surface area contributed by atoms with E-state index in [4.69, 9.17) is 5.73 Å². The Labute approximate surface area is 89.9 Å². The van der Waals surface area contributed by atoms with Crippen LogP contribution in [0.4, 0.5) is 5.69 Å². The number of nitrogens with one attached hydrogen (secondary N) is 1. The lowest BCUT2D eigenvalue weighted by molar-refractivity contribution is -0.125. The Hall–Kier alpha value is -1.58. The first-order valence-corrected chi connectivity index (χ1v) is 4.88. The van der Waals surface area contributed by atoms with E-state index in [0.717, 1.165) is 11.4 Å². The highest BCUT2D eigenvalue weighted by atomic mass is 16.1. The minimum absolute atomic E-state index is 0.305. The number of amides is 1. The molecule has 1 rings (SSSR count). The quantitative estimate of drug-likeness (QED) is 0.782. The molecule has 0 radical (unpaired) electrons. The molecule has 3 N–H and O–H groups in total. The molecular weight excluding hydrogens is 190 g/mol. The summed E-state index contributed by atoms with van der Waals surface area (Å²) in [5.41, 5.74) is 6.63. The van der Waals surface area contributed by atoms with Crippen molar-refractivity contribution >= 4 is 11.6 Å². The molecule has 0 saturated heterocycles. The van der Waals surface area contributed by atoms with Gasteiger partial charge in [0.2, 0.25) is 5.91 Å². The lowest BCUT2D eigenvalue weighted by Gasteiger charge is -2.21. The van der Waals surface area contributed by atoms with Gasteiger partial charge in [-0.2, -0.15) is 0 Å². The number of rotatable bonds is 4. The molecule has 15 heavy (non-hydrogen) atoms. The number of nitrogens with zero attached hydrogens (tertiary/aromatic N) is 1. The van der Waals surface area contributed by atoms with Crippen LogP contribution in [0.15, 0.2) is 18.3 Å². The van der Waals surface area contributed by atoms with E-state index in [-0.39, 0.29) is 5.91 Å². The standard InChI is InChI=1S/C11H17N3O/c1-8-6-9(4-5-13-8)14-7-11(2,3)10(12)15/h4-6H,7H2,1-3H3,(H2,12,15)(H,13,14). The average Bonchev–Trinajstić information content (AvgIpc) is 2.15. The first kappa shape index (κ1) is 11.5. The zero-order chi connectivity index (χ0) is 11.5. The van der Waals surface area contributed by atoms with Crippen LogP contribution in [-0.2, 0) is 4.79 Å². The van der Waals surface area contributed by atoms with Gasteiger partial charge in [0.05, 0.1) is 5.41 Å². The number of nitrogens with two attached hydrogens (primary N) is 1. The van der Waals surface area contributed by atoms with Gasteiger partial charge in [-0.05, 0) is 32.9 Å². The van der Waals surface area contributed by atoms with Crippen molar-refractivity contribution in [3.8, 4) is 0 Å². The molecule has 1 aromatic rings. The number of carbonyl (C=O) groups is 1. The van der Waals surface area contributed by atoms with E-state index in [1.54, 1.807) is 6.20 Å². The SMILES string of the molecule is Cc1cc(NCC(C)(C)C(N)=O)ccn1. The van der Waals surface area contributed by atoms with Gasteiger partial charge >= 0.3 is 0 Å². The number of hydrogen-bond acceptors (Lipinski definition) is 3. The average molecular weight is 207 g/mol. The second-order valence-electron chi connectivity index (χ2n) is 4.29. The van der Waals surface area contributed by atoms with Crippen LogP contribution < -0.4 is 11.1 Å². The van der Waals surface area contributed by atoms with E-state index in [1.807, 2.05) is 32.9 Å². The molecule has 4 nitrogen and oxygen atoms in total. The highest BCUT2D eigenvalue weighted by Crippen LogP contribution is 2.16. The summed E-state index contributed by atoms with van der Waals surface area (Å²) in [7, 11) is 0. The fourth-order valence-electron chi connectivity index (χ4n) is 1.07. The summed E-state index contributed by atoms with van der Waals surface area (Å²) in [6, 6.07) is 3.79. The predicted octanol–water partition coefficient (Wildman–Crippen LogP) is 1.31. The molecule has 0 aliphatic heterocycles. The molecular formula is C11H17N3O. The molecule has 0 aliphatic rings. The Balaban J connectivity index is 2.61. The summed E-state index contributed by atoms with van der Waals surface area (Å²) in [5, 5.41) is 3.17. The summed E-state index contributed by atoms with van der Waals surface area (Å²) in [5.74, 6) is -0.305. The Morgan fingerprint density at radius 1 is 1.60 bits per heavy atom. The number of anilines is 1. The maximum Gasteiger partial charge on any atom is 0.224 e. The largest absolute Gasteiger partial charge is 0.384 e. The smallest absolute Gasteiger partial charge is 0.224 e. The van der Waals surface area contributed by atoms with Gasteiger partial charge in [-0.3, -0.25) is 9.78 Å². The summed E-state index contributed by atoms with van der Waals surface area (Å²) in [4.78, 5) is 15.2. The van der Waals surface area contributed by atoms with E-state index in [0.29, 0.717) is 6.54 Å². The van der Waals surface area contributed by atoms with Gasteiger partial charge in [-0.1, -0.05) is 0 Å². The lowest BCUT2D eigenvalue weighted by atomic mass is 9.93. The summed E-state index contributed by atoms with van der Waals surface area (Å²) >= 11 is 0. The third-order valence-corrected chi connectivity index (χ3v) is 2.30. The number of primary amides is 1. The maximum atomic E-state index is 11.1. The zero-order valence-corrected chi connectivity index (χ0v) is 9.37. The number of aryl methyl sites for hydroxylation is 1. The number of carbonyl (C=O) groups excluding carboxylic acids is 1. The molecule has 0 fully saturated rings. The van der Waals surface area contributed by atoms with Gasteiger partial charge in [0.25, 0.3) is 0 Å². The van der Waals surface area contributed by atoms with Crippen molar-refractivity contribution < 1.29 is 4.79 Å². The predicted molar refractivity (Wildman–Crippen MR) is 60.4 cm³/mol. The monoisotopic (exact) mass is 207 g/mol. The van der Waals surface area contributed by atoms with E-state index in [1.165, 1.54) is 0 Å². The number of pyridine rings is 1. The molecule has 0 aromatic carbocycles. The van der Waals surface area contributed by atoms with E-state index in [2.05, 4.69) is 10.3 Å². The van der Waals surface area contributed by atoms with Crippen LogP contribution in [0.25, 0.3) is 0 Å². The van der Waals surface area contributed by atoms with Crippen molar-refractivity contribution in [2.45, 2.75) is 20.8 Å². The van der Waals surface area contributed by atoms with E-state index < -0.39 is 5.41 Å². The summed E-state index contributed by atoms with van der Waals surface area (Å²) in [6.45, 7) is 6.07. The molecule has 0 atom stereocenters. The van der Waals surface area contributed by atoms with Crippen molar-refractivity contribution in [2.75, 3.05) is 11.9 Å². The van der Waals surface area contributed by atoms with Crippen LogP contribution in [0.2, 0.25) is 0 Å². The van der Waals surface area contributed by atoms with Gasteiger partial charge in [0.15, 0.2) is 0 Å². The Kier molecular flexibility index (Phi) is 3.29. The second kappa shape index (κ2) is 4.29. The third kappa shape index (κ3) is 3.23. The first-order chi connectivity index (χ1) is 6.92. The normalized spacial score (nSPS) is 11.1. The van der Waals surface area contributed by atoms with Gasteiger partial charge in [-0.25, -0.2) is 0 Å². The molecule has 4 heteroatoms. The summed E-state index contributed by atoms with van der Waals surface area (Å²) in [6.07, 6.45) is 1.73. The highest BCUT2D eigenvalue weighted by molar-refractivity contribution is 5.80. The van der Waals surface area contributed by atoms with E-state index >= 15 is 0 Å². The van der Waals surface area contributed by atoms with Gasteiger partial charge in [-0.15, -0.1) is 0 Å². The van der Waals surface area contributed by atoms with Crippen molar-refractivity contribution in [3.63, 3.8) is 0 Å². The van der Waals surface area contributed by atoms with Crippen LogP contribution in [0.5, 0.6) is 0 Å². The van der Waals surface area contributed by atoms with Gasteiger partial charge in [0, 0.05) is 24.1 Å². The van der Waals surface area contributed by atoms with Gasteiger partial charge in [0.1, 0.15) is 0 Å². The fraction of sp³-hybridized carbons (Fsp3) is 0.455.